The molecule has 0 unspecified atom stereocenters. The predicted octanol–water partition coefficient (Wildman–Crippen LogP) is 1.50. The van der Waals surface area contributed by atoms with Crippen LogP contribution in [-0.2, 0) is 4.74 Å². The lowest BCUT2D eigenvalue weighted by Gasteiger charge is -2.14. The molecule has 96 valence electrons. The van der Waals surface area contributed by atoms with Gasteiger partial charge < -0.3 is 20.1 Å². The van der Waals surface area contributed by atoms with Gasteiger partial charge in [-0.1, -0.05) is 6.07 Å². The Labute approximate surface area is 103 Å². The molecule has 1 aromatic carbocycles. The van der Waals surface area contributed by atoms with Gasteiger partial charge in [-0.3, -0.25) is 0 Å². The van der Waals surface area contributed by atoms with Crippen molar-refractivity contribution >= 4 is 5.69 Å². The van der Waals surface area contributed by atoms with Gasteiger partial charge in [0, 0.05) is 32.5 Å². The molecular formula is C13H22N2O2. The summed E-state index contributed by atoms with van der Waals surface area (Å²) in [5.41, 5.74) is 6.49. The fourth-order valence-electron chi connectivity index (χ4n) is 1.36. The summed E-state index contributed by atoms with van der Waals surface area (Å²) in [6.07, 6.45) is 0.899. The Bertz CT molecular complexity index is 316. The molecule has 17 heavy (non-hydrogen) atoms. The second-order valence-electron chi connectivity index (χ2n) is 3.99. The van der Waals surface area contributed by atoms with Crippen LogP contribution in [0.15, 0.2) is 24.3 Å². The van der Waals surface area contributed by atoms with E-state index in [0.717, 1.165) is 17.9 Å². The van der Waals surface area contributed by atoms with Gasteiger partial charge in [0.2, 0.25) is 0 Å². The first-order valence-corrected chi connectivity index (χ1v) is 5.92. The van der Waals surface area contributed by atoms with Gasteiger partial charge in [-0.05, 0) is 25.1 Å². The van der Waals surface area contributed by atoms with E-state index in [2.05, 4.69) is 0 Å². The number of nitrogens with two attached hydrogens (primary N) is 1. The van der Waals surface area contributed by atoms with Crippen LogP contribution in [0.5, 0.6) is 5.75 Å². The van der Waals surface area contributed by atoms with E-state index in [1.54, 1.807) is 0 Å². The zero-order valence-electron chi connectivity index (χ0n) is 10.7. The summed E-state index contributed by atoms with van der Waals surface area (Å²) in [7, 11) is 4.02. The van der Waals surface area contributed by atoms with E-state index in [0.29, 0.717) is 26.4 Å². The van der Waals surface area contributed by atoms with Crippen LogP contribution in [0.4, 0.5) is 5.69 Å². The third kappa shape index (κ3) is 5.56. The van der Waals surface area contributed by atoms with Crippen LogP contribution in [-0.4, -0.2) is 40.5 Å². The molecule has 0 amide bonds. The van der Waals surface area contributed by atoms with E-state index in [9.17, 15) is 0 Å². The van der Waals surface area contributed by atoms with E-state index < -0.39 is 0 Å². The van der Waals surface area contributed by atoms with Crippen molar-refractivity contribution in [2.24, 2.45) is 5.73 Å². The third-order valence-electron chi connectivity index (χ3n) is 2.32. The van der Waals surface area contributed by atoms with Crippen LogP contribution < -0.4 is 15.4 Å². The number of benzene rings is 1. The Morgan fingerprint density at radius 3 is 2.71 bits per heavy atom. The first kappa shape index (κ1) is 13.8. The highest BCUT2D eigenvalue weighted by atomic mass is 16.5. The maximum atomic E-state index is 5.59. The van der Waals surface area contributed by atoms with Gasteiger partial charge in [0.25, 0.3) is 0 Å². The minimum atomic E-state index is 0.571. The average molecular weight is 238 g/mol. The minimum Gasteiger partial charge on any atom is -0.491 e. The van der Waals surface area contributed by atoms with E-state index in [1.165, 1.54) is 0 Å². The van der Waals surface area contributed by atoms with Gasteiger partial charge in [-0.15, -0.1) is 0 Å². The van der Waals surface area contributed by atoms with Crippen molar-refractivity contribution in [3.8, 4) is 5.75 Å². The quantitative estimate of drug-likeness (QED) is 0.697. The smallest absolute Gasteiger partial charge is 0.121 e. The summed E-state index contributed by atoms with van der Waals surface area (Å²) in [5, 5.41) is 0. The van der Waals surface area contributed by atoms with E-state index >= 15 is 0 Å². The van der Waals surface area contributed by atoms with Crippen LogP contribution in [0.1, 0.15) is 6.42 Å². The second kappa shape index (κ2) is 7.92. The first-order valence-electron chi connectivity index (χ1n) is 5.92. The lowest BCUT2D eigenvalue weighted by atomic mass is 10.3. The monoisotopic (exact) mass is 238 g/mol. The molecule has 0 aliphatic rings. The van der Waals surface area contributed by atoms with Crippen molar-refractivity contribution in [3.05, 3.63) is 24.3 Å². The standard InChI is InChI=1S/C13H22N2O2/c1-15(2)12-5-3-6-13(11-12)17-10-9-16-8-4-7-14/h3,5-6,11H,4,7-10,14H2,1-2H3. The number of hydrogen-bond acceptors (Lipinski definition) is 4. The minimum absolute atomic E-state index is 0.571. The van der Waals surface area contributed by atoms with Crippen molar-refractivity contribution < 1.29 is 9.47 Å². The highest BCUT2D eigenvalue weighted by molar-refractivity contribution is 5.49. The molecule has 2 N–H and O–H groups in total. The van der Waals surface area contributed by atoms with E-state index in [-0.39, 0.29) is 0 Å². The summed E-state index contributed by atoms with van der Waals surface area (Å²) < 4.78 is 11.0. The van der Waals surface area contributed by atoms with Gasteiger partial charge in [-0.2, -0.15) is 0 Å². The number of anilines is 1. The zero-order chi connectivity index (χ0) is 12.5. The summed E-state index contributed by atoms with van der Waals surface area (Å²) in [4.78, 5) is 2.05. The molecular weight excluding hydrogens is 216 g/mol. The second-order valence-corrected chi connectivity index (χ2v) is 3.99. The molecule has 0 saturated heterocycles. The van der Waals surface area contributed by atoms with Gasteiger partial charge >= 0.3 is 0 Å². The molecule has 4 heteroatoms. The van der Waals surface area contributed by atoms with Gasteiger partial charge in [0.1, 0.15) is 12.4 Å². The molecule has 0 atom stereocenters. The van der Waals surface area contributed by atoms with Crippen molar-refractivity contribution in [3.63, 3.8) is 0 Å². The maximum absolute atomic E-state index is 5.59. The third-order valence-corrected chi connectivity index (χ3v) is 2.32. The Hall–Kier alpha value is -1.26. The molecule has 1 aromatic rings. The van der Waals surface area contributed by atoms with Crippen molar-refractivity contribution in [1.29, 1.82) is 0 Å². The van der Waals surface area contributed by atoms with Gasteiger partial charge in [0.05, 0.1) is 6.61 Å². The molecule has 1 rings (SSSR count). The largest absolute Gasteiger partial charge is 0.491 e. The molecule has 0 saturated carbocycles. The number of nitrogens with zero attached hydrogens (tertiary/aromatic N) is 1. The molecule has 0 bridgehead atoms. The first-order chi connectivity index (χ1) is 8.24. The normalized spacial score (nSPS) is 10.3. The number of hydrogen-bond donors (Lipinski definition) is 1. The van der Waals surface area contributed by atoms with Crippen molar-refractivity contribution in [1.82, 2.24) is 0 Å². The van der Waals surface area contributed by atoms with Crippen LogP contribution in [0.2, 0.25) is 0 Å². The fourth-order valence-corrected chi connectivity index (χ4v) is 1.36. The zero-order valence-corrected chi connectivity index (χ0v) is 10.7. The molecule has 0 radical (unpaired) electrons. The topological polar surface area (TPSA) is 47.7 Å². The Morgan fingerprint density at radius 2 is 2.00 bits per heavy atom. The molecule has 0 spiro atoms. The number of ether oxygens (including phenoxy) is 2. The summed E-state index contributed by atoms with van der Waals surface area (Å²) in [6.45, 7) is 2.55. The summed E-state index contributed by atoms with van der Waals surface area (Å²) in [6, 6.07) is 8.00. The lowest BCUT2D eigenvalue weighted by Crippen LogP contribution is -2.11. The highest BCUT2D eigenvalue weighted by Gasteiger charge is 1.98. The molecule has 0 aliphatic carbocycles. The van der Waals surface area contributed by atoms with Gasteiger partial charge in [-0.25, -0.2) is 0 Å². The lowest BCUT2D eigenvalue weighted by molar-refractivity contribution is 0.0995. The van der Waals surface area contributed by atoms with E-state index in [4.69, 9.17) is 15.2 Å². The fraction of sp³-hybridized carbons (Fsp3) is 0.538. The molecule has 0 aromatic heterocycles. The molecule has 0 aliphatic heterocycles. The SMILES string of the molecule is CN(C)c1cccc(OCCOCCCN)c1. The number of rotatable bonds is 8. The molecule has 0 heterocycles. The molecule has 0 fully saturated rings. The van der Waals surface area contributed by atoms with Crippen LogP contribution in [0.3, 0.4) is 0 Å². The van der Waals surface area contributed by atoms with Gasteiger partial charge in [0.15, 0.2) is 0 Å². The highest BCUT2D eigenvalue weighted by Crippen LogP contribution is 2.18. The molecule has 4 nitrogen and oxygen atoms in total. The van der Waals surface area contributed by atoms with Crippen LogP contribution in [0, 0.1) is 0 Å². The Kier molecular flexibility index (Phi) is 6.43. The van der Waals surface area contributed by atoms with Crippen LogP contribution >= 0.6 is 0 Å². The average Bonchev–Trinajstić information content (AvgIpc) is 2.34. The summed E-state index contributed by atoms with van der Waals surface area (Å²) >= 11 is 0. The van der Waals surface area contributed by atoms with Crippen molar-refractivity contribution in [2.45, 2.75) is 6.42 Å². The van der Waals surface area contributed by atoms with E-state index in [1.807, 2.05) is 43.3 Å². The summed E-state index contributed by atoms with van der Waals surface area (Å²) in [5.74, 6) is 0.874. The van der Waals surface area contributed by atoms with Crippen molar-refractivity contribution in [2.75, 3.05) is 45.4 Å². The Morgan fingerprint density at radius 1 is 1.18 bits per heavy atom. The van der Waals surface area contributed by atoms with Crippen LogP contribution in [0.25, 0.3) is 0 Å². The maximum Gasteiger partial charge on any atom is 0.121 e. The predicted molar refractivity (Wildman–Crippen MR) is 70.8 cm³/mol. The Balaban J connectivity index is 2.24.